The lowest BCUT2D eigenvalue weighted by molar-refractivity contribution is 0.340. The molecule has 0 atom stereocenters. The molecule has 0 spiro atoms. The molecule has 3 aromatic rings. The molecule has 1 aromatic heterocycles. The van der Waals surface area contributed by atoms with E-state index >= 15 is 0 Å². The minimum atomic E-state index is -0.415. The van der Waals surface area contributed by atoms with Crippen LogP contribution in [0, 0.1) is 17.1 Å². The van der Waals surface area contributed by atoms with Gasteiger partial charge in [-0.25, -0.2) is 9.37 Å². The van der Waals surface area contributed by atoms with Crippen LogP contribution in [0.25, 0.3) is 22.4 Å². The molecule has 0 amide bonds. The SMILES string of the molecule is CCOc1ccc(-c2cc(-c3ccccc3F)c(C#N)c(N)n2)cc1. The molecular formula is C20H16FN3O. The maximum atomic E-state index is 14.2. The number of halogens is 1. The monoisotopic (exact) mass is 333 g/mol. The highest BCUT2D eigenvalue weighted by atomic mass is 19.1. The molecule has 0 unspecified atom stereocenters. The average Bonchev–Trinajstić information content (AvgIpc) is 2.62. The number of nitriles is 1. The van der Waals surface area contributed by atoms with Gasteiger partial charge in [0.25, 0.3) is 0 Å². The third kappa shape index (κ3) is 3.29. The summed E-state index contributed by atoms with van der Waals surface area (Å²) in [5.41, 5.74) is 8.24. The highest BCUT2D eigenvalue weighted by Crippen LogP contribution is 2.32. The Kier molecular flexibility index (Phi) is 4.62. The number of nitrogens with two attached hydrogens (primary N) is 1. The first kappa shape index (κ1) is 16.5. The predicted octanol–water partition coefficient (Wildman–Crippen LogP) is 4.41. The normalized spacial score (nSPS) is 10.3. The molecule has 2 N–H and O–H groups in total. The van der Waals surface area contributed by atoms with Crippen LogP contribution >= 0.6 is 0 Å². The van der Waals surface area contributed by atoms with Crippen LogP contribution in [0.5, 0.6) is 5.75 Å². The molecule has 0 fully saturated rings. The number of benzene rings is 2. The van der Waals surface area contributed by atoms with Gasteiger partial charge in [-0.2, -0.15) is 5.26 Å². The number of nitrogens with zero attached hydrogens (tertiary/aromatic N) is 2. The van der Waals surface area contributed by atoms with Gasteiger partial charge in [0.05, 0.1) is 12.3 Å². The van der Waals surface area contributed by atoms with Crippen molar-refractivity contribution in [1.82, 2.24) is 4.98 Å². The summed E-state index contributed by atoms with van der Waals surface area (Å²) in [6, 6.07) is 17.4. The number of hydrogen-bond donors (Lipinski definition) is 1. The van der Waals surface area contributed by atoms with E-state index in [1.807, 2.05) is 37.3 Å². The second-order valence-corrected chi connectivity index (χ2v) is 5.36. The highest BCUT2D eigenvalue weighted by Gasteiger charge is 2.15. The maximum Gasteiger partial charge on any atom is 0.142 e. The fraction of sp³-hybridized carbons (Fsp3) is 0.100. The quantitative estimate of drug-likeness (QED) is 0.768. The zero-order valence-electron chi connectivity index (χ0n) is 13.7. The zero-order chi connectivity index (χ0) is 17.8. The van der Waals surface area contributed by atoms with Crippen molar-refractivity contribution in [2.45, 2.75) is 6.92 Å². The van der Waals surface area contributed by atoms with Gasteiger partial charge in [-0.15, -0.1) is 0 Å². The van der Waals surface area contributed by atoms with E-state index < -0.39 is 5.82 Å². The van der Waals surface area contributed by atoms with Crippen LogP contribution in [-0.4, -0.2) is 11.6 Å². The molecule has 0 saturated carbocycles. The second-order valence-electron chi connectivity index (χ2n) is 5.36. The van der Waals surface area contributed by atoms with Crippen molar-refractivity contribution in [2.24, 2.45) is 0 Å². The number of aromatic nitrogens is 1. The summed E-state index contributed by atoms with van der Waals surface area (Å²) in [7, 11) is 0. The third-order valence-electron chi connectivity index (χ3n) is 3.78. The second kappa shape index (κ2) is 7.02. The van der Waals surface area contributed by atoms with Crippen molar-refractivity contribution in [2.75, 3.05) is 12.3 Å². The van der Waals surface area contributed by atoms with E-state index in [2.05, 4.69) is 4.98 Å². The number of hydrogen-bond acceptors (Lipinski definition) is 4. The molecule has 0 aliphatic rings. The minimum absolute atomic E-state index is 0.0761. The van der Waals surface area contributed by atoms with E-state index in [4.69, 9.17) is 10.5 Å². The van der Waals surface area contributed by atoms with Gasteiger partial charge in [0, 0.05) is 16.7 Å². The van der Waals surface area contributed by atoms with Crippen molar-refractivity contribution in [3.05, 3.63) is 66.0 Å². The van der Waals surface area contributed by atoms with Crippen LogP contribution in [0.3, 0.4) is 0 Å². The number of rotatable bonds is 4. The minimum Gasteiger partial charge on any atom is -0.494 e. The lowest BCUT2D eigenvalue weighted by Gasteiger charge is -2.11. The molecule has 3 rings (SSSR count). The Morgan fingerprint density at radius 1 is 1.12 bits per heavy atom. The maximum absolute atomic E-state index is 14.2. The van der Waals surface area contributed by atoms with Crippen LogP contribution in [0.1, 0.15) is 12.5 Å². The van der Waals surface area contributed by atoms with E-state index in [1.54, 1.807) is 24.3 Å². The fourth-order valence-corrected chi connectivity index (χ4v) is 2.61. The van der Waals surface area contributed by atoms with Crippen LogP contribution in [0.4, 0.5) is 10.2 Å². The Labute approximate surface area is 145 Å². The summed E-state index contributed by atoms with van der Waals surface area (Å²) >= 11 is 0. The van der Waals surface area contributed by atoms with Gasteiger partial charge < -0.3 is 10.5 Å². The first-order valence-electron chi connectivity index (χ1n) is 7.82. The van der Waals surface area contributed by atoms with Crippen LogP contribution < -0.4 is 10.5 Å². The molecule has 1 heterocycles. The van der Waals surface area contributed by atoms with Crippen molar-refractivity contribution in [3.8, 4) is 34.2 Å². The smallest absolute Gasteiger partial charge is 0.142 e. The zero-order valence-corrected chi connectivity index (χ0v) is 13.7. The van der Waals surface area contributed by atoms with Crippen molar-refractivity contribution < 1.29 is 9.13 Å². The first-order valence-corrected chi connectivity index (χ1v) is 7.82. The molecule has 0 bridgehead atoms. The van der Waals surface area contributed by atoms with E-state index in [0.717, 1.165) is 11.3 Å². The third-order valence-corrected chi connectivity index (χ3v) is 3.78. The van der Waals surface area contributed by atoms with E-state index in [-0.39, 0.29) is 11.4 Å². The average molecular weight is 333 g/mol. The Hall–Kier alpha value is -3.39. The van der Waals surface area contributed by atoms with Gasteiger partial charge in [0.15, 0.2) is 0 Å². The summed E-state index contributed by atoms with van der Waals surface area (Å²) in [6.07, 6.45) is 0. The predicted molar refractivity (Wildman–Crippen MR) is 95.4 cm³/mol. The molecule has 5 heteroatoms. The van der Waals surface area contributed by atoms with Gasteiger partial charge in [0.2, 0.25) is 0 Å². The molecular weight excluding hydrogens is 317 g/mol. The molecule has 25 heavy (non-hydrogen) atoms. The molecule has 0 aliphatic carbocycles. The Morgan fingerprint density at radius 3 is 2.48 bits per heavy atom. The molecule has 0 radical (unpaired) electrons. The molecule has 0 saturated heterocycles. The fourth-order valence-electron chi connectivity index (χ4n) is 2.61. The first-order chi connectivity index (χ1) is 12.1. The summed E-state index contributed by atoms with van der Waals surface area (Å²) in [4.78, 5) is 4.30. The summed E-state index contributed by atoms with van der Waals surface area (Å²) in [6.45, 7) is 2.50. The lowest BCUT2D eigenvalue weighted by atomic mass is 9.98. The molecule has 2 aromatic carbocycles. The van der Waals surface area contributed by atoms with Gasteiger partial charge >= 0.3 is 0 Å². The van der Waals surface area contributed by atoms with Crippen molar-refractivity contribution in [3.63, 3.8) is 0 Å². The summed E-state index contributed by atoms with van der Waals surface area (Å²) in [5, 5.41) is 9.40. The van der Waals surface area contributed by atoms with Gasteiger partial charge in [0.1, 0.15) is 29.0 Å². The van der Waals surface area contributed by atoms with Crippen molar-refractivity contribution >= 4 is 5.82 Å². The molecule has 4 nitrogen and oxygen atoms in total. The number of ether oxygens (including phenoxy) is 1. The number of nitrogen functional groups attached to an aromatic ring is 1. The van der Waals surface area contributed by atoms with Gasteiger partial charge in [-0.05, 0) is 43.3 Å². The largest absolute Gasteiger partial charge is 0.494 e. The van der Waals surface area contributed by atoms with Gasteiger partial charge in [-0.3, -0.25) is 0 Å². The molecule has 124 valence electrons. The van der Waals surface area contributed by atoms with Crippen LogP contribution in [-0.2, 0) is 0 Å². The van der Waals surface area contributed by atoms with Crippen LogP contribution in [0.2, 0.25) is 0 Å². The highest BCUT2D eigenvalue weighted by molar-refractivity contribution is 5.80. The summed E-state index contributed by atoms with van der Waals surface area (Å²) < 4.78 is 19.6. The van der Waals surface area contributed by atoms with Gasteiger partial charge in [-0.1, -0.05) is 18.2 Å². The Morgan fingerprint density at radius 2 is 1.84 bits per heavy atom. The van der Waals surface area contributed by atoms with E-state index in [9.17, 15) is 9.65 Å². The standard InChI is InChI=1S/C20H16FN3O/c1-2-25-14-9-7-13(8-10-14)19-11-16(17(12-22)20(23)24-19)15-5-3-4-6-18(15)21/h3-11H,2H2,1H3,(H2,23,24). The Bertz CT molecular complexity index is 946. The Balaban J connectivity index is 2.14. The van der Waals surface area contributed by atoms with Crippen LogP contribution in [0.15, 0.2) is 54.6 Å². The topological polar surface area (TPSA) is 71.9 Å². The molecule has 0 aliphatic heterocycles. The number of pyridine rings is 1. The number of anilines is 1. The van der Waals surface area contributed by atoms with E-state index in [1.165, 1.54) is 6.07 Å². The lowest BCUT2D eigenvalue weighted by Crippen LogP contribution is -2.00. The summed E-state index contributed by atoms with van der Waals surface area (Å²) in [5.74, 6) is 0.413. The van der Waals surface area contributed by atoms with Crippen molar-refractivity contribution in [1.29, 1.82) is 5.26 Å². The van der Waals surface area contributed by atoms with E-state index in [0.29, 0.717) is 23.4 Å².